The monoisotopic (exact) mass is 682 g/mol. The Kier molecular flexibility index (Phi) is 5.62. The summed E-state index contributed by atoms with van der Waals surface area (Å²) >= 11 is 1.82. The normalized spacial score (nSPS) is 12.2. The van der Waals surface area contributed by atoms with Gasteiger partial charge in [-0.15, -0.1) is 11.3 Å². The molecule has 0 fully saturated rings. The Bertz CT molecular complexity index is 3420. The molecule has 0 saturated carbocycles. The zero-order chi connectivity index (χ0) is 33.9. The molecule has 4 nitrogen and oxygen atoms in total. The van der Waals surface area contributed by atoms with E-state index in [1.54, 1.807) is 0 Å². The fraction of sp³-hybridized carbons (Fsp3) is 0. The van der Waals surface area contributed by atoms with Crippen LogP contribution in [0.4, 0.5) is 0 Å². The van der Waals surface area contributed by atoms with Gasteiger partial charge in [-0.1, -0.05) is 109 Å². The van der Waals surface area contributed by atoms with Gasteiger partial charge in [0.2, 0.25) is 0 Å². The Labute approximate surface area is 300 Å². The van der Waals surface area contributed by atoms with Crippen LogP contribution < -0.4 is 0 Å². The Morgan fingerprint density at radius 3 is 2.08 bits per heavy atom. The van der Waals surface area contributed by atoms with Gasteiger partial charge in [0, 0.05) is 41.9 Å². The minimum absolute atomic E-state index is 0.539. The maximum Gasteiger partial charge on any atom is 0.307 e. The van der Waals surface area contributed by atoms with E-state index in [1.807, 2.05) is 23.5 Å². The van der Waals surface area contributed by atoms with Gasteiger partial charge in [0.25, 0.3) is 0 Å². The molecular formula is C47H26N2O2S. The van der Waals surface area contributed by atoms with E-state index in [1.165, 1.54) is 47.5 Å². The highest BCUT2D eigenvalue weighted by molar-refractivity contribution is 7.25. The van der Waals surface area contributed by atoms with E-state index < -0.39 is 0 Å². The first-order valence-corrected chi connectivity index (χ1v) is 18.3. The molecule has 0 aliphatic rings. The van der Waals surface area contributed by atoms with Crippen molar-refractivity contribution >= 4 is 97.1 Å². The molecule has 4 heterocycles. The molecule has 0 spiro atoms. The molecule has 8 aromatic carbocycles. The van der Waals surface area contributed by atoms with Crippen molar-refractivity contribution in [1.29, 1.82) is 0 Å². The predicted molar refractivity (Wildman–Crippen MR) is 217 cm³/mol. The van der Waals surface area contributed by atoms with Crippen molar-refractivity contribution in [3.05, 3.63) is 158 Å². The molecule has 12 aromatic rings. The zero-order valence-corrected chi connectivity index (χ0v) is 28.4. The molecule has 0 radical (unpaired) electrons. The van der Waals surface area contributed by atoms with Gasteiger partial charge >= 0.3 is 6.01 Å². The van der Waals surface area contributed by atoms with Crippen molar-refractivity contribution in [3.8, 4) is 28.3 Å². The minimum atomic E-state index is 0.539. The number of hydrogen-bond acceptors (Lipinski definition) is 4. The summed E-state index contributed by atoms with van der Waals surface area (Å²) in [7, 11) is 0. The van der Waals surface area contributed by atoms with Gasteiger partial charge in [-0.2, -0.15) is 4.98 Å². The highest BCUT2D eigenvalue weighted by Gasteiger charge is 2.23. The van der Waals surface area contributed by atoms with Gasteiger partial charge in [-0.05, 0) is 76.0 Å². The smallest absolute Gasteiger partial charge is 0.307 e. The summed E-state index contributed by atoms with van der Waals surface area (Å²) in [5.41, 5.74) is 9.73. The fourth-order valence-corrected chi connectivity index (χ4v) is 9.31. The molecule has 0 atom stereocenters. The lowest BCUT2D eigenvalue weighted by Crippen LogP contribution is -1.93. The number of aromatic nitrogens is 2. The van der Waals surface area contributed by atoms with Gasteiger partial charge in [-0.3, -0.25) is 4.57 Å². The molecule has 0 bridgehead atoms. The molecule has 12 rings (SSSR count). The lowest BCUT2D eigenvalue weighted by atomic mass is 9.96. The fourth-order valence-electron chi connectivity index (χ4n) is 8.19. The predicted octanol–water partition coefficient (Wildman–Crippen LogP) is 13.7. The number of oxazole rings is 1. The maximum atomic E-state index is 6.85. The first-order chi connectivity index (χ1) is 25.7. The van der Waals surface area contributed by atoms with Crippen LogP contribution in [0.3, 0.4) is 0 Å². The van der Waals surface area contributed by atoms with Gasteiger partial charge in [-0.25, -0.2) is 0 Å². The van der Waals surface area contributed by atoms with Gasteiger partial charge in [0.1, 0.15) is 16.7 Å². The quantitative estimate of drug-likeness (QED) is 0.186. The van der Waals surface area contributed by atoms with E-state index >= 15 is 0 Å². The summed E-state index contributed by atoms with van der Waals surface area (Å²) in [6.45, 7) is 0. The number of para-hydroxylation sites is 2. The summed E-state index contributed by atoms with van der Waals surface area (Å²) in [6, 6.07) is 56.5. The Balaban J connectivity index is 1.11. The van der Waals surface area contributed by atoms with Gasteiger partial charge in [0.05, 0.1) is 16.4 Å². The van der Waals surface area contributed by atoms with Crippen LogP contribution in [-0.2, 0) is 0 Å². The number of fused-ring (bicyclic) bond motifs is 12. The largest absolute Gasteiger partial charge is 0.455 e. The van der Waals surface area contributed by atoms with Crippen LogP contribution in [0.2, 0.25) is 0 Å². The summed E-state index contributed by atoms with van der Waals surface area (Å²) in [5, 5.41) is 9.25. The van der Waals surface area contributed by atoms with Crippen molar-refractivity contribution in [1.82, 2.24) is 9.55 Å². The molecule has 5 heteroatoms. The lowest BCUT2D eigenvalue weighted by molar-refractivity contribution is 0.574. The van der Waals surface area contributed by atoms with E-state index in [-0.39, 0.29) is 0 Å². The number of benzene rings is 8. The number of nitrogens with zero attached hydrogens (tertiary/aromatic N) is 2. The van der Waals surface area contributed by atoms with Gasteiger partial charge in [0.15, 0.2) is 5.58 Å². The van der Waals surface area contributed by atoms with Crippen LogP contribution in [0.25, 0.3) is 114 Å². The number of furan rings is 1. The van der Waals surface area contributed by atoms with Gasteiger partial charge < -0.3 is 8.83 Å². The van der Waals surface area contributed by atoms with Crippen molar-refractivity contribution in [2.75, 3.05) is 0 Å². The molecule has 4 aromatic heterocycles. The van der Waals surface area contributed by atoms with Crippen LogP contribution in [0.15, 0.2) is 167 Å². The zero-order valence-electron chi connectivity index (χ0n) is 27.6. The molecule has 0 unspecified atom stereocenters. The van der Waals surface area contributed by atoms with E-state index in [2.05, 4.69) is 150 Å². The van der Waals surface area contributed by atoms with Crippen LogP contribution in [-0.4, -0.2) is 9.55 Å². The third-order valence-corrected chi connectivity index (χ3v) is 11.7. The maximum absolute atomic E-state index is 6.85. The second-order valence-electron chi connectivity index (χ2n) is 13.5. The molecule has 0 aliphatic carbocycles. The summed E-state index contributed by atoms with van der Waals surface area (Å²) in [4.78, 5) is 5.29. The second-order valence-corrected chi connectivity index (χ2v) is 14.6. The highest BCUT2D eigenvalue weighted by atomic mass is 32.1. The molecule has 0 saturated heterocycles. The molecule has 52 heavy (non-hydrogen) atoms. The van der Waals surface area contributed by atoms with Crippen LogP contribution >= 0.6 is 11.3 Å². The SMILES string of the molecule is c1ccc(-c2ccc3cc(-c4cc5oc(-n6c7ccccc7c7cc8c(cc76)sc6ccccc68)nc5c5c4oc4ccccc45)ccc3c2)cc1. The first kappa shape index (κ1) is 28.1. The third kappa shape index (κ3) is 3.94. The standard InChI is InChI=1S/C47H26N2O2S/c1-2-10-27(11-3-1)28-18-19-30-23-31(21-20-29(30)22-28)35-25-41-45(44-34-14-5-8-16-40(34)50-46(35)44)48-47(51-41)49-38-15-7-4-12-32(38)36-24-37-33-13-6-9-17-42(33)52-43(37)26-39(36)49/h1-26H. The van der Waals surface area contributed by atoms with Crippen molar-refractivity contribution in [2.24, 2.45) is 0 Å². The van der Waals surface area contributed by atoms with Crippen molar-refractivity contribution < 1.29 is 8.83 Å². The second kappa shape index (κ2) is 10.4. The number of thiophene rings is 1. The molecule has 0 aliphatic heterocycles. The highest BCUT2D eigenvalue weighted by Crippen LogP contribution is 2.44. The van der Waals surface area contributed by atoms with Crippen molar-refractivity contribution in [2.45, 2.75) is 0 Å². The Hall–Kier alpha value is -6.69. The first-order valence-electron chi connectivity index (χ1n) is 17.4. The number of hydrogen-bond donors (Lipinski definition) is 0. The average Bonchev–Trinajstić information content (AvgIpc) is 3.96. The topological polar surface area (TPSA) is 44.1 Å². The Morgan fingerprint density at radius 2 is 1.19 bits per heavy atom. The summed E-state index contributed by atoms with van der Waals surface area (Å²) in [6.07, 6.45) is 0. The number of rotatable bonds is 3. The van der Waals surface area contributed by atoms with Crippen LogP contribution in [0, 0.1) is 0 Å². The average molecular weight is 683 g/mol. The third-order valence-electron chi connectivity index (χ3n) is 10.6. The van der Waals surface area contributed by atoms with E-state index in [0.29, 0.717) is 6.01 Å². The summed E-state index contributed by atoms with van der Waals surface area (Å²) in [5.74, 6) is 0. The van der Waals surface area contributed by atoms with E-state index in [4.69, 9.17) is 13.8 Å². The van der Waals surface area contributed by atoms with Crippen LogP contribution in [0.1, 0.15) is 0 Å². The van der Waals surface area contributed by atoms with Crippen LogP contribution in [0.5, 0.6) is 0 Å². The molecule has 242 valence electrons. The Morgan fingerprint density at radius 1 is 0.462 bits per heavy atom. The summed E-state index contributed by atoms with van der Waals surface area (Å²) < 4.78 is 18.2. The molecular weight excluding hydrogens is 657 g/mol. The van der Waals surface area contributed by atoms with E-state index in [0.717, 1.165) is 60.6 Å². The van der Waals surface area contributed by atoms with Crippen molar-refractivity contribution in [3.63, 3.8) is 0 Å². The minimum Gasteiger partial charge on any atom is -0.455 e. The molecule has 0 amide bonds. The van der Waals surface area contributed by atoms with E-state index in [9.17, 15) is 0 Å². The molecule has 0 N–H and O–H groups in total. The lowest BCUT2D eigenvalue weighted by Gasteiger charge is -2.08.